The summed E-state index contributed by atoms with van der Waals surface area (Å²) in [5.74, 6) is 0.228. The highest BCUT2D eigenvalue weighted by Crippen LogP contribution is 2.40. The Labute approximate surface area is 186 Å². The van der Waals surface area contributed by atoms with Crippen molar-refractivity contribution in [2.75, 3.05) is 27.2 Å². The Bertz CT molecular complexity index is 1080. The molecule has 0 bridgehead atoms. The zero-order valence-corrected chi connectivity index (χ0v) is 18.2. The van der Waals surface area contributed by atoms with E-state index in [1.165, 1.54) is 0 Å². The number of carboxylic acid groups (broad SMARTS) is 1. The van der Waals surface area contributed by atoms with Gasteiger partial charge in [0.15, 0.2) is 5.11 Å². The molecule has 4 rings (SSSR count). The Morgan fingerprint density at radius 3 is 2.68 bits per heavy atom. The summed E-state index contributed by atoms with van der Waals surface area (Å²) in [5.41, 5.74) is 1.62. The first-order valence-corrected chi connectivity index (χ1v) is 10.4. The number of rotatable bonds is 7. The maximum Gasteiger partial charge on any atom is 0.336 e. The number of likely N-dealkylation sites (N-methyl/N-ethyl adjacent to an activating group) is 1. The molecule has 8 heteroatoms. The van der Waals surface area contributed by atoms with Crippen LogP contribution in [0.4, 0.5) is 0 Å². The molecule has 0 radical (unpaired) electrons. The van der Waals surface area contributed by atoms with Crippen molar-refractivity contribution in [1.82, 2.24) is 20.1 Å². The maximum absolute atomic E-state index is 11.6. The van der Waals surface area contributed by atoms with E-state index in [4.69, 9.17) is 16.6 Å². The van der Waals surface area contributed by atoms with Crippen LogP contribution in [0, 0.1) is 0 Å². The monoisotopic (exact) mass is 436 g/mol. The summed E-state index contributed by atoms with van der Waals surface area (Å²) in [4.78, 5) is 20.4. The number of carbonyl (C=O) groups is 1. The first kappa shape index (κ1) is 21.0. The molecule has 31 heavy (non-hydrogen) atoms. The Morgan fingerprint density at radius 2 is 1.97 bits per heavy atom. The third-order valence-corrected chi connectivity index (χ3v) is 5.68. The average Bonchev–Trinajstić information content (AvgIpc) is 3.37. The number of hydrogen-bond donors (Lipinski definition) is 2. The molecule has 3 aromatic rings. The van der Waals surface area contributed by atoms with Crippen LogP contribution in [0.1, 0.15) is 33.9 Å². The van der Waals surface area contributed by atoms with E-state index in [9.17, 15) is 9.90 Å². The highest BCUT2D eigenvalue weighted by Gasteiger charge is 2.41. The van der Waals surface area contributed by atoms with E-state index in [0.29, 0.717) is 28.7 Å². The molecule has 0 aliphatic carbocycles. The van der Waals surface area contributed by atoms with E-state index >= 15 is 0 Å². The lowest BCUT2D eigenvalue weighted by Crippen LogP contribution is -2.35. The standard InChI is InChI=1S/C23H24N4O3S/c1-26(2)13-14-27-21(20(25-23(27)31)17-9-5-6-12-24-17)19-11-10-18(30-19)15-7-3-4-8-16(15)22(28)29/h3-12,20-21H,13-14H2,1-2H3,(H,25,31)(H,28,29)/t20-,21+/m1/s1. The number of nitrogens with zero attached hydrogens (tertiary/aromatic N) is 3. The third kappa shape index (κ3) is 4.30. The molecule has 0 amide bonds. The van der Waals surface area contributed by atoms with E-state index in [1.807, 2.05) is 44.4 Å². The molecule has 0 saturated carbocycles. The lowest BCUT2D eigenvalue weighted by molar-refractivity contribution is 0.0697. The van der Waals surface area contributed by atoms with Gasteiger partial charge in [-0.15, -0.1) is 0 Å². The lowest BCUT2D eigenvalue weighted by atomic mass is 10.0. The number of benzene rings is 1. The zero-order chi connectivity index (χ0) is 22.0. The van der Waals surface area contributed by atoms with Crippen LogP contribution in [0.25, 0.3) is 11.3 Å². The molecule has 1 aliphatic heterocycles. The van der Waals surface area contributed by atoms with Crippen molar-refractivity contribution in [2.24, 2.45) is 0 Å². The molecule has 0 unspecified atom stereocenters. The molecule has 1 fully saturated rings. The fraction of sp³-hybridized carbons (Fsp3) is 0.261. The molecule has 160 valence electrons. The van der Waals surface area contributed by atoms with Gasteiger partial charge in [-0.25, -0.2) is 4.79 Å². The van der Waals surface area contributed by atoms with Gasteiger partial charge in [-0.05, 0) is 56.6 Å². The average molecular weight is 437 g/mol. The minimum atomic E-state index is -0.990. The fourth-order valence-electron chi connectivity index (χ4n) is 3.80. The summed E-state index contributed by atoms with van der Waals surface area (Å²) in [6.07, 6.45) is 1.76. The van der Waals surface area contributed by atoms with Crippen molar-refractivity contribution in [3.05, 3.63) is 77.8 Å². The first-order chi connectivity index (χ1) is 15.0. The van der Waals surface area contributed by atoms with E-state index < -0.39 is 5.97 Å². The number of aromatic nitrogens is 1. The number of aromatic carboxylic acids is 1. The van der Waals surface area contributed by atoms with Crippen LogP contribution < -0.4 is 5.32 Å². The second-order valence-corrected chi connectivity index (χ2v) is 8.06. The van der Waals surface area contributed by atoms with Crippen molar-refractivity contribution in [3.8, 4) is 11.3 Å². The Hall–Kier alpha value is -3.23. The molecule has 1 aliphatic rings. The first-order valence-electron chi connectivity index (χ1n) is 10.0. The molecule has 2 atom stereocenters. The maximum atomic E-state index is 11.6. The molecule has 1 aromatic carbocycles. The van der Waals surface area contributed by atoms with Gasteiger partial charge in [-0.2, -0.15) is 0 Å². The van der Waals surface area contributed by atoms with Gasteiger partial charge in [0.1, 0.15) is 17.6 Å². The molecular formula is C23H24N4O3S. The summed E-state index contributed by atoms with van der Waals surface area (Å²) in [7, 11) is 4.04. The van der Waals surface area contributed by atoms with E-state index in [2.05, 4.69) is 20.1 Å². The van der Waals surface area contributed by atoms with Gasteiger partial charge in [0, 0.05) is 24.8 Å². The SMILES string of the molecule is CN(C)CCN1C(=S)N[C@H](c2ccccn2)[C@@H]1c1ccc(-c2ccccc2C(=O)O)o1. The molecule has 1 saturated heterocycles. The van der Waals surface area contributed by atoms with Crippen LogP contribution in [0.15, 0.2) is 65.2 Å². The highest BCUT2D eigenvalue weighted by molar-refractivity contribution is 7.80. The molecular weight excluding hydrogens is 412 g/mol. The van der Waals surface area contributed by atoms with Gasteiger partial charge in [0.25, 0.3) is 0 Å². The van der Waals surface area contributed by atoms with Gasteiger partial charge in [0.2, 0.25) is 0 Å². The minimum absolute atomic E-state index is 0.176. The quantitative estimate of drug-likeness (QED) is 0.544. The second-order valence-electron chi connectivity index (χ2n) is 7.68. The molecule has 3 heterocycles. The Kier molecular flexibility index (Phi) is 6.01. The van der Waals surface area contributed by atoms with Crippen LogP contribution in [-0.4, -0.2) is 58.2 Å². The predicted octanol–water partition coefficient (Wildman–Crippen LogP) is 3.57. The van der Waals surface area contributed by atoms with Crippen molar-refractivity contribution in [3.63, 3.8) is 0 Å². The molecule has 7 nitrogen and oxygen atoms in total. The van der Waals surface area contributed by atoms with Crippen molar-refractivity contribution in [2.45, 2.75) is 12.1 Å². The molecule has 2 N–H and O–H groups in total. The van der Waals surface area contributed by atoms with Gasteiger partial charge in [0.05, 0.1) is 17.3 Å². The summed E-state index contributed by atoms with van der Waals surface area (Å²) in [5, 5.41) is 13.6. The summed E-state index contributed by atoms with van der Waals surface area (Å²) < 4.78 is 6.24. The number of thiocarbonyl (C=S) groups is 1. The zero-order valence-electron chi connectivity index (χ0n) is 17.4. The normalized spacial score (nSPS) is 18.4. The number of carboxylic acids is 1. The van der Waals surface area contributed by atoms with Crippen molar-refractivity contribution < 1.29 is 14.3 Å². The number of nitrogens with one attached hydrogen (secondary N) is 1. The summed E-state index contributed by atoms with van der Waals surface area (Å²) in [6.45, 7) is 1.54. The smallest absolute Gasteiger partial charge is 0.336 e. The number of pyridine rings is 1. The van der Waals surface area contributed by atoms with Gasteiger partial charge in [-0.1, -0.05) is 24.3 Å². The van der Waals surface area contributed by atoms with Gasteiger partial charge < -0.3 is 24.6 Å². The minimum Gasteiger partial charge on any atom is -0.478 e. The molecule has 2 aromatic heterocycles. The van der Waals surface area contributed by atoms with Crippen LogP contribution >= 0.6 is 12.2 Å². The Morgan fingerprint density at radius 1 is 1.19 bits per heavy atom. The van der Waals surface area contributed by atoms with Gasteiger partial charge in [-0.3, -0.25) is 4.98 Å². The fourth-order valence-corrected chi connectivity index (χ4v) is 4.14. The topological polar surface area (TPSA) is 81.8 Å². The molecule has 0 spiro atoms. The summed E-state index contributed by atoms with van der Waals surface area (Å²) in [6, 6.07) is 16.0. The van der Waals surface area contributed by atoms with E-state index in [-0.39, 0.29) is 17.6 Å². The van der Waals surface area contributed by atoms with E-state index in [1.54, 1.807) is 30.5 Å². The third-order valence-electron chi connectivity index (χ3n) is 5.33. The largest absolute Gasteiger partial charge is 0.478 e. The lowest BCUT2D eigenvalue weighted by Gasteiger charge is -2.27. The summed E-state index contributed by atoms with van der Waals surface area (Å²) >= 11 is 5.65. The predicted molar refractivity (Wildman–Crippen MR) is 122 cm³/mol. The van der Waals surface area contributed by atoms with E-state index in [0.717, 1.165) is 12.2 Å². The van der Waals surface area contributed by atoms with Crippen molar-refractivity contribution in [1.29, 1.82) is 0 Å². The van der Waals surface area contributed by atoms with Crippen LogP contribution in [0.5, 0.6) is 0 Å². The second kappa shape index (κ2) is 8.87. The highest BCUT2D eigenvalue weighted by atomic mass is 32.1. The number of hydrogen-bond acceptors (Lipinski definition) is 5. The Balaban J connectivity index is 1.73. The van der Waals surface area contributed by atoms with Crippen LogP contribution in [0.2, 0.25) is 0 Å². The van der Waals surface area contributed by atoms with Crippen LogP contribution in [0.3, 0.4) is 0 Å². The number of furan rings is 1. The van der Waals surface area contributed by atoms with Gasteiger partial charge >= 0.3 is 5.97 Å². The van der Waals surface area contributed by atoms with Crippen molar-refractivity contribution >= 4 is 23.3 Å². The van der Waals surface area contributed by atoms with Crippen LogP contribution in [-0.2, 0) is 0 Å².